The molecule has 4 heteroatoms. The largest absolute Gasteiger partial charge is 0.462 e. The second-order valence-corrected chi connectivity index (χ2v) is 5.45. The zero-order chi connectivity index (χ0) is 11.7. The van der Waals surface area contributed by atoms with Crippen LogP contribution < -0.4 is 5.73 Å². The normalized spacial score (nSPS) is 19.2. The fourth-order valence-electron chi connectivity index (χ4n) is 2.21. The summed E-state index contributed by atoms with van der Waals surface area (Å²) < 4.78 is 5.06. The highest BCUT2D eigenvalue weighted by molar-refractivity contribution is 7.16. The molecule has 0 aromatic carbocycles. The van der Waals surface area contributed by atoms with Crippen molar-refractivity contribution in [2.24, 2.45) is 5.92 Å². The fraction of sp³-hybridized carbons (Fsp3) is 0.583. The molecule has 1 heterocycles. The van der Waals surface area contributed by atoms with E-state index in [1.165, 1.54) is 11.3 Å². The fourth-order valence-corrected chi connectivity index (χ4v) is 3.31. The third-order valence-corrected chi connectivity index (χ3v) is 4.14. The Labute approximate surface area is 99.6 Å². The molecule has 1 aromatic heterocycles. The minimum atomic E-state index is -0.258. The van der Waals surface area contributed by atoms with Gasteiger partial charge in [-0.15, -0.1) is 11.3 Å². The number of anilines is 1. The van der Waals surface area contributed by atoms with Crippen LogP contribution in [0.4, 0.5) is 5.00 Å². The monoisotopic (exact) mass is 239 g/mol. The number of hydrogen-bond acceptors (Lipinski definition) is 4. The smallest absolute Gasteiger partial charge is 0.341 e. The molecular weight excluding hydrogens is 222 g/mol. The number of rotatable bonds is 2. The first kappa shape index (κ1) is 11.5. The van der Waals surface area contributed by atoms with Crippen molar-refractivity contribution in [3.63, 3.8) is 0 Å². The van der Waals surface area contributed by atoms with Crippen LogP contribution in [0.3, 0.4) is 0 Å². The van der Waals surface area contributed by atoms with Gasteiger partial charge in [-0.1, -0.05) is 6.92 Å². The molecule has 1 atom stereocenters. The molecule has 0 unspecified atom stereocenters. The lowest BCUT2D eigenvalue weighted by Gasteiger charge is -2.18. The van der Waals surface area contributed by atoms with Gasteiger partial charge in [-0.25, -0.2) is 4.79 Å². The number of carbonyl (C=O) groups excluding carboxylic acids is 1. The Morgan fingerprint density at radius 3 is 3.06 bits per heavy atom. The number of carbonyl (C=O) groups is 1. The number of nitrogen functional groups attached to an aromatic ring is 1. The molecule has 88 valence electrons. The van der Waals surface area contributed by atoms with Gasteiger partial charge in [0.1, 0.15) is 5.00 Å². The molecule has 1 aliphatic rings. The van der Waals surface area contributed by atoms with Gasteiger partial charge >= 0.3 is 5.97 Å². The van der Waals surface area contributed by atoms with E-state index in [1.54, 1.807) is 11.3 Å². The number of thiophene rings is 1. The van der Waals surface area contributed by atoms with Crippen molar-refractivity contribution in [1.82, 2.24) is 0 Å². The highest BCUT2D eigenvalue weighted by Crippen LogP contribution is 2.38. The van der Waals surface area contributed by atoms with Crippen LogP contribution in [-0.4, -0.2) is 12.6 Å². The minimum Gasteiger partial charge on any atom is -0.462 e. The molecule has 0 saturated heterocycles. The maximum Gasteiger partial charge on any atom is 0.341 e. The average molecular weight is 239 g/mol. The third-order valence-electron chi connectivity index (χ3n) is 3.01. The van der Waals surface area contributed by atoms with E-state index in [0.29, 0.717) is 23.1 Å². The molecule has 0 aliphatic heterocycles. The average Bonchev–Trinajstić information content (AvgIpc) is 2.53. The quantitative estimate of drug-likeness (QED) is 0.807. The molecule has 0 bridgehead atoms. The van der Waals surface area contributed by atoms with Crippen LogP contribution >= 0.6 is 11.3 Å². The van der Waals surface area contributed by atoms with Crippen LogP contribution in [0.5, 0.6) is 0 Å². The van der Waals surface area contributed by atoms with Crippen LogP contribution in [0.15, 0.2) is 0 Å². The molecule has 1 aliphatic carbocycles. The van der Waals surface area contributed by atoms with Crippen LogP contribution in [0.1, 0.15) is 41.1 Å². The van der Waals surface area contributed by atoms with Gasteiger partial charge in [0, 0.05) is 4.88 Å². The molecule has 2 N–H and O–H groups in total. The summed E-state index contributed by atoms with van der Waals surface area (Å²) in [6.07, 6.45) is 3.19. The Bertz CT molecular complexity index is 411. The number of aryl methyl sites for hydroxylation is 1. The topological polar surface area (TPSA) is 52.3 Å². The summed E-state index contributed by atoms with van der Waals surface area (Å²) >= 11 is 1.55. The van der Waals surface area contributed by atoms with E-state index in [-0.39, 0.29) is 5.97 Å². The van der Waals surface area contributed by atoms with E-state index in [4.69, 9.17) is 10.5 Å². The highest BCUT2D eigenvalue weighted by atomic mass is 32.1. The van der Waals surface area contributed by atoms with E-state index in [1.807, 2.05) is 6.92 Å². The Morgan fingerprint density at radius 2 is 2.38 bits per heavy atom. The van der Waals surface area contributed by atoms with E-state index in [9.17, 15) is 4.79 Å². The molecule has 1 aromatic rings. The molecule has 16 heavy (non-hydrogen) atoms. The zero-order valence-electron chi connectivity index (χ0n) is 9.71. The third kappa shape index (κ3) is 1.94. The number of ether oxygens (including phenoxy) is 1. The maximum absolute atomic E-state index is 11.8. The van der Waals surface area contributed by atoms with Crippen molar-refractivity contribution in [3.05, 3.63) is 16.0 Å². The summed E-state index contributed by atoms with van der Waals surface area (Å²) in [6.45, 7) is 4.43. The summed E-state index contributed by atoms with van der Waals surface area (Å²) in [5.41, 5.74) is 7.69. The Morgan fingerprint density at radius 1 is 1.62 bits per heavy atom. The Kier molecular flexibility index (Phi) is 3.19. The first-order valence-corrected chi connectivity index (χ1v) is 6.52. The number of esters is 1. The molecule has 0 spiro atoms. The molecule has 0 amide bonds. The van der Waals surface area contributed by atoms with E-state index < -0.39 is 0 Å². The minimum absolute atomic E-state index is 0.258. The van der Waals surface area contributed by atoms with Gasteiger partial charge in [0.15, 0.2) is 0 Å². The van der Waals surface area contributed by atoms with E-state index in [2.05, 4.69) is 6.92 Å². The van der Waals surface area contributed by atoms with Gasteiger partial charge in [0.25, 0.3) is 0 Å². The van der Waals surface area contributed by atoms with Crippen LogP contribution in [-0.2, 0) is 17.6 Å². The lowest BCUT2D eigenvalue weighted by atomic mass is 9.88. The standard InChI is InChI=1S/C12H17NO2S/c1-3-15-12(14)10-8-6-7(2)4-5-9(8)16-11(10)13/h7H,3-6,13H2,1-2H3/t7-/m0/s1. The Hall–Kier alpha value is -1.03. The van der Waals surface area contributed by atoms with Gasteiger partial charge < -0.3 is 10.5 Å². The molecule has 0 radical (unpaired) electrons. The summed E-state index contributed by atoms with van der Waals surface area (Å²) in [6, 6.07) is 0. The summed E-state index contributed by atoms with van der Waals surface area (Å²) in [4.78, 5) is 13.1. The van der Waals surface area contributed by atoms with E-state index >= 15 is 0 Å². The van der Waals surface area contributed by atoms with Crippen LogP contribution in [0.2, 0.25) is 0 Å². The second kappa shape index (κ2) is 4.45. The van der Waals surface area contributed by atoms with E-state index in [0.717, 1.165) is 18.4 Å². The number of nitrogens with two attached hydrogens (primary N) is 1. The van der Waals surface area contributed by atoms with Gasteiger partial charge in [0.05, 0.1) is 12.2 Å². The van der Waals surface area contributed by atoms with Crippen molar-refractivity contribution in [3.8, 4) is 0 Å². The SMILES string of the molecule is CCOC(=O)c1c(N)sc2c1C[C@@H](C)CC2. The molecule has 2 rings (SSSR count). The Balaban J connectivity index is 2.37. The van der Waals surface area contributed by atoms with Crippen LogP contribution in [0.25, 0.3) is 0 Å². The summed E-state index contributed by atoms with van der Waals surface area (Å²) in [5, 5.41) is 0.623. The molecular formula is C12H17NO2S. The van der Waals surface area contributed by atoms with Crippen molar-refractivity contribution in [2.45, 2.75) is 33.1 Å². The lowest BCUT2D eigenvalue weighted by Crippen LogP contribution is -2.14. The summed E-state index contributed by atoms with van der Waals surface area (Å²) in [5.74, 6) is 0.376. The lowest BCUT2D eigenvalue weighted by molar-refractivity contribution is 0.0526. The molecule has 3 nitrogen and oxygen atoms in total. The first-order valence-electron chi connectivity index (χ1n) is 5.70. The van der Waals surface area contributed by atoms with Crippen molar-refractivity contribution >= 4 is 22.3 Å². The highest BCUT2D eigenvalue weighted by Gasteiger charge is 2.27. The molecule has 0 saturated carbocycles. The number of hydrogen-bond donors (Lipinski definition) is 1. The van der Waals surface area contributed by atoms with Gasteiger partial charge in [-0.05, 0) is 37.7 Å². The van der Waals surface area contributed by atoms with Gasteiger partial charge in [-0.2, -0.15) is 0 Å². The zero-order valence-corrected chi connectivity index (χ0v) is 10.5. The number of fused-ring (bicyclic) bond motifs is 1. The molecule has 0 fully saturated rings. The van der Waals surface area contributed by atoms with Gasteiger partial charge in [-0.3, -0.25) is 0 Å². The first-order chi connectivity index (χ1) is 7.63. The van der Waals surface area contributed by atoms with Gasteiger partial charge in [0.2, 0.25) is 0 Å². The maximum atomic E-state index is 11.8. The van der Waals surface area contributed by atoms with Crippen molar-refractivity contribution in [1.29, 1.82) is 0 Å². The van der Waals surface area contributed by atoms with Crippen molar-refractivity contribution in [2.75, 3.05) is 12.3 Å². The predicted molar refractivity (Wildman–Crippen MR) is 65.9 cm³/mol. The summed E-state index contributed by atoms with van der Waals surface area (Å²) in [7, 11) is 0. The van der Waals surface area contributed by atoms with Crippen LogP contribution in [0, 0.1) is 5.92 Å². The second-order valence-electron chi connectivity index (χ2n) is 4.31. The predicted octanol–water partition coefficient (Wildman–Crippen LogP) is 2.63. The van der Waals surface area contributed by atoms with Crippen molar-refractivity contribution < 1.29 is 9.53 Å².